The molecule has 2 N–H and O–H groups in total. The van der Waals surface area contributed by atoms with E-state index in [2.05, 4.69) is 15.8 Å². The van der Waals surface area contributed by atoms with Gasteiger partial charge in [0.05, 0.1) is 18.9 Å². The van der Waals surface area contributed by atoms with Gasteiger partial charge in [-0.1, -0.05) is 25.4 Å². The number of benzene rings is 2. The number of nitrogens with zero attached hydrogens (tertiary/aromatic N) is 1. The Kier molecular flexibility index (Phi) is 9.53. The summed E-state index contributed by atoms with van der Waals surface area (Å²) in [6.07, 6.45) is 1.53. The van der Waals surface area contributed by atoms with Crippen LogP contribution in [0.25, 0.3) is 0 Å². The van der Waals surface area contributed by atoms with Gasteiger partial charge < -0.3 is 14.8 Å². The van der Waals surface area contributed by atoms with Gasteiger partial charge >= 0.3 is 0 Å². The van der Waals surface area contributed by atoms with Crippen LogP contribution >= 0.6 is 11.6 Å². The van der Waals surface area contributed by atoms with Crippen molar-refractivity contribution in [3.63, 3.8) is 0 Å². The zero-order valence-electron chi connectivity index (χ0n) is 19.0. The number of carbonyl (C=O) groups excluding carboxylic acids is 2. The van der Waals surface area contributed by atoms with E-state index in [9.17, 15) is 9.59 Å². The number of ether oxygens (including phenoxy) is 2. The lowest BCUT2D eigenvalue weighted by Crippen LogP contribution is -2.48. The first-order valence-corrected chi connectivity index (χ1v) is 10.9. The number of rotatable bonds is 10. The summed E-state index contributed by atoms with van der Waals surface area (Å²) < 4.78 is 11.4. The fourth-order valence-corrected chi connectivity index (χ4v) is 2.95. The Morgan fingerprint density at radius 2 is 1.75 bits per heavy atom. The molecule has 2 aromatic rings. The van der Waals surface area contributed by atoms with Crippen molar-refractivity contribution in [1.29, 1.82) is 0 Å². The number of halogens is 1. The second kappa shape index (κ2) is 12.1. The highest BCUT2D eigenvalue weighted by Gasteiger charge is 2.24. The summed E-state index contributed by atoms with van der Waals surface area (Å²) in [4.78, 5) is 25.1. The van der Waals surface area contributed by atoms with Crippen LogP contribution in [0.3, 0.4) is 0 Å². The lowest BCUT2D eigenvalue weighted by molar-refractivity contribution is -0.123. The summed E-state index contributed by atoms with van der Waals surface area (Å²) in [5.41, 5.74) is 3.65. The monoisotopic (exact) mass is 459 g/mol. The average Bonchev–Trinajstić information content (AvgIpc) is 2.73. The van der Waals surface area contributed by atoms with E-state index in [4.69, 9.17) is 21.1 Å². The fraction of sp³-hybridized carbons (Fsp3) is 0.375. The summed E-state index contributed by atoms with van der Waals surface area (Å²) in [6.45, 7) is 9.96. The van der Waals surface area contributed by atoms with Gasteiger partial charge in [-0.05, 0) is 74.7 Å². The summed E-state index contributed by atoms with van der Waals surface area (Å²) in [5, 5.41) is 7.32. The fourth-order valence-electron chi connectivity index (χ4n) is 2.83. The third kappa shape index (κ3) is 7.57. The van der Waals surface area contributed by atoms with E-state index in [1.807, 2.05) is 40.7 Å². The van der Waals surface area contributed by atoms with E-state index < -0.39 is 11.9 Å². The molecular formula is C24H30ClN3O4. The van der Waals surface area contributed by atoms with Crippen LogP contribution in [0.1, 0.15) is 50.5 Å². The maximum Gasteiger partial charge on any atom is 0.262 e. The number of carbonyl (C=O) groups is 2. The predicted octanol–water partition coefficient (Wildman–Crippen LogP) is 4.43. The van der Waals surface area contributed by atoms with Crippen molar-refractivity contribution in [2.24, 2.45) is 11.0 Å². The van der Waals surface area contributed by atoms with Crippen molar-refractivity contribution in [2.45, 2.75) is 46.8 Å². The van der Waals surface area contributed by atoms with Crippen LogP contribution in [0, 0.1) is 5.92 Å². The average molecular weight is 460 g/mol. The Morgan fingerprint density at radius 1 is 1.06 bits per heavy atom. The molecule has 1 atom stereocenters. The highest BCUT2D eigenvalue weighted by molar-refractivity contribution is 6.30. The molecule has 2 aromatic carbocycles. The standard InChI is InChI=1S/C24H30ClN3O4/c1-6-31-21-13-17(7-12-20(21)32-16(4)5)14-26-28-24(30)22(15(2)3)27-23(29)18-8-10-19(25)11-9-18/h7-16,22H,6H2,1-5H3,(H,27,29)(H,28,30). The SMILES string of the molecule is CCOc1cc(C=NNC(=O)C(NC(=O)c2ccc(Cl)cc2)C(C)C)ccc1OC(C)C. The highest BCUT2D eigenvalue weighted by Crippen LogP contribution is 2.29. The second-order valence-electron chi connectivity index (χ2n) is 7.74. The van der Waals surface area contributed by atoms with Gasteiger partial charge in [0.1, 0.15) is 6.04 Å². The Bertz CT molecular complexity index is 943. The molecule has 32 heavy (non-hydrogen) atoms. The van der Waals surface area contributed by atoms with Crippen molar-refractivity contribution < 1.29 is 19.1 Å². The number of amides is 2. The van der Waals surface area contributed by atoms with Gasteiger partial charge in [-0.2, -0.15) is 5.10 Å². The topological polar surface area (TPSA) is 89.0 Å². The van der Waals surface area contributed by atoms with Gasteiger partial charge in [0.2, 0.25) is 0 Å². The molecule has 0 saturated carbocycles. The first-order chi connectivity index (χ1) is 15.2. The molecule has 7 nitrogen and oxygen atoms in total. The van der Waals surface area contributed by atoms with Gasteiger partial charge in [-0.3, -0.25) is 9.59 Å². The molecule has 0 aliphatic carbocycles. The molecule has 0 saturated heterocycles. The van der Waals surface area contributed by atoms with Crippen molar-refractivity contribution >= 4 is 29.6 Å². The molecule has 0 aliphatic heterocycles. The Hall–Kier alpha value is -3.06. The van der Waals surface area contributed by atoms with E-state index in [0.717, 1.165) is 5.56 Å². The van der Waals surface area contributed by atoms with E-state index in [0.29, 0.717) is 28.7 Å². The van der Waals surface area contributed by atoms with Gasteiger partial charge in [0, 0.05) is 10.6 Å². The molecule has 2 rings (SSSR count). The lowest BCUT2D eigenvalue weighted by atomic mass is 10.0. The molecule has 0 spiro atoms. The molecule has 8 heteroatoms. The zero-order valence-corrected chi connectivity index (χ0v) is 19.8. The zero-order chi connectivity index (χ0) is 23.7. The minimum absolute atomic E-state index is 0.0176. The van der Waals surface area contributed by atoms with Crippen LogP contribution in [0.2, 0.25) is 5.02 Å². The van der Waals surface area contributed by atoms with Crippen molar-refractivity contribution in [3.8, 4) is 11.5 Å². The van der Waals surface area contributed by atoms with Gasteiger partial charge in [-0.15, -0.1) is 0 Å². The summed E-state index contributed by atoms with van der Waals surface area (Å²) >= 11 is 5.86. The third-order valence-electron chi connectivity index (χ3n) is 4.36. The summed E-state index contributed by atoms with van der Waals surface area (Å²) in [7, 11) is 0. The summed E-state index contributed by atoms with van der Waals surface area (Å²) in [6, 6.07) is 11.1. The number of hydrogen-bond donors (Lipinski definition) is 2. The maximum absolute atomic E-state index is 12.6. The molecule has 1 unspecified atom stereocenters. The highest BCUT2D eigenvalue weighted by atomic mass is 35.5. The van der Waals surface area contributed by atoms with Crippen molar-refractivity contribution in [3.05, 3.63) is 58.6 Å². The van der Waals surface area contributed by atoms with Crippen LogP contribution in [0.4, 0.5) is 0 Å². The Balaban J connectivity index is 2.05. The molecule has 2 amide bonds. The molecule has 0 radical (unpaired) electrons. The first kappa shape index (κ1) is 25.2. The largest absolute Gasteiger partial charge is 0.490 e. The van der Waals surface area contributed by atoms with Crippen LogP contribution in [-0.2, 0) is 4.79 Å². The Labute approximate surface area is 194 Å². The minimum atomic E-state index is -0.754. The second-order valence-corrected chi connectivity index (χ2v) is 8.18. The van der Waals surface area contributed by atoms with Crippen LogP contribution < -0.4 is 20.2 Å². The molecule has 0 aromatic heterocycles. The molecular weight excluding hydrogens is 430 g/mol. The molecule has 172 valence electrons. The number of nitrogens with one attached hydrogen (secondary N) is 2. The third-order valence-corrected chi connectivity index (χ3v) is 4.61. The summed E-state index contributed by atoms with van der Waals surface area (Å²) in [5.74, 6) is 0.336. The molecule has 0 bridgehead atoms. The van der Waals surface area contributed by atoms with Gasteiger partial charge in [0.15, 0.2) is 11.5 Å². The quantitative estimate of drug-likeness (QED) is 0.406. The first-order valence-electron chi connectivity index (χ1n) is 10.5. The van der Waals surface area contributed by atoms with Crippen LogP contribution in [0.5, 0.6) is 11.5 Å². The Morgan fingerprint density at radius 3 is 2.34 bits per heavy atom. The molecule has 0 aliphatic rings. The van der Waals surface area contributed by atoms with Crippen molar-refractivity contribution in [1.82, 2.24) is 10.7 Å². The van der Waals surface area contributed by atoms with Crippen molar-refractivity contribution in [2.75, 3.05) is 6.61 Å². The van der Waals surface area contributed by atoms with E-state index >= 15 is 0 Å². The van der Waals surface area contributed by atoms with E-state index in [-0.39, 0.29) is 17.9 Å². The molecule has 0 fully saturated rings. The van der Waals surface area contributed by atoms with E-state index in [1.54, 1.807) is 36.4 Å². The lowest BCUT2D eigenvalue weighted by Gasteiger charge is -2.20. The normalized spacial score (nSPS) is 12.1. The van der Waals surface area contributed by atoms with Gasteiger partial charge in [-0.25, -0.2) is 5.43 Å². The number of hydrazone groups is 1. The van der Waals surface area contributed by atoms with E-state index in [1.165, 1.54) is 6.21 Å². The smallest absolute Gasteiger partial charge is 0.262 e. The maximum atomic E-state index is 12.6. The number of hydrogen-bond acceptors (Lipinski definition) is 5. The van der Waals surface area contributed by atoms with Crippen LogP contribution in [0.15, 0.2) is 47.6 Å². The molecule has 0 heterocycles. The minimum Gasteiger partial charge on any atom is -0.490 e. The predicted molar refractivity (Wildman–Crippen MR) is 127 cm³/mol. The van der Waals surface area contributed by atoms with Gasteiger partial charge in [0.25, 0.3) is 11.8 Å². The van der Waals surface area contributed by atoms with Crippen LogP contribution in [-0.4, -0.2) is 36.8 Å².